The second kappa shape index (κ2) is 9.75. The Morgan fingerprint density at radius 2 is 1.78 bits per heavy atom. The van der Waals surface area contributed by atoms with Crippen molar-refractivity contribution < 1.29 is 9.59 Å². The lowest BCUT2D eigenvalue weighted by Gasteiger charge is -2.09. The summed E-state index contributed by atoms with van der Waals surface area (Å²) in [6.45, 7) is 4.03. The number of hydrogen-bond acceptors (Lipinski definition) is 7. The Kier molecular flexibility index (Phi) is 6.62. The van der Waals surface area contributed by atoms with Gasteiger partial charge in [-0.05, 0) is 71.6 Å². The highest BCUT2D eigenvalue weighted by Gasteiger charge is 2.13. The third kappa shape index (κ3) is 5.21. The Morgan fingerprint density at radius 3 is 2.47 bits per heavy atom. The van der Waals surface area contributed by atoms with Gasteiger partial charge in [0.15, 0.2) is 0 Å². The molecular formula is C22H20N6O2S2. The van der Waals surface area contributed by atoms with E-state index in [2.05, 4.69) is 32.2 Å². The van der Waals surface area contributed by atoms with Gasteiger partial charge >= 0.3 is 0 Å². The highest BCUT2D eigenvalue weighted by Crippen LogP contribution is 2.22. The summed E-state index contributed by atoms with van der Waals surface area (Å²) in [5, 5.41) is 19.9. The molecule has 0 saturated heterocycles. The summed E-state index contributed by atoms with van der Waals surface area (Å²) in [6, 6.07) is 16.6. The molecular weight excluding hydrogens is 444 g/mol. The Morgan fingerprint density at radius 1 is 1.03 bits per heavy atom. The molecule has 2 heterocycles. The molecule has 0 fully saturated rings. The summed E-state index contributed by atoms with van der Waals surface area (Å²) < 4.78 is 1.64. The van der Waals surface area contributed by atoms with E-state index in [1.54, 1.807) is 35.0 Å². The molecule has 0 radical (unpaired) electrons. The molecule has 2 N–H and O–H groups in total. The van der Waals surface area contributed by atoms with E-state index in [4.69, 9.17) is 0 Å². The van der Waals surface area contributed by atoms with Crippen LogP contribution in [0.3, 0.4) is 0 Å². The number of amides is 2. The van der Waals surface area contributed by atoms with Crippen LogP contribution < -0.4 is 10.6 Å². The van der Waals surface area contributed by atoms with Crippen LogP contribution in [0, 0.1) is 13.8 Å². The van der Waals surface area contributed by atoms with Crippen LogP contribution in [0.5, 0.6) is 0 Å². The molecule has 4 aromatic rings. The van der Waals surface area contributed by atoms with Crippen LogP contribution in [0.2, 0.25) is 0 Å². The van der Waals surface area contributed by atoms with Gasteiger partial charge in [-0.3, -0.25) is 9.59 Å². The van der Waals surface area contributed by atoms with Crippen molar-refractivity contribution in [3.8, 4) is 5.69 Å². The lowest BCUT2D eigenvalue weighted by Crippen LogP contribution is -2.15. The van der Waals surface area contributed by atoms with Gasteiger partial charge in [0.25, 0.3) is 5.91 Å². The van der Waals surface area contributed by atoms with Crippen molar-refractivity contribution >= 4 is 46.3 Å². The third-order valence-corrected chi connectivity index (χ3v) is 6.31. The van der Waals surface area contributed by atoms with Gasteiger partial charge in [0, 0.05) is 11.4 Å². The zero-order chi connectivity index (χ0) is 22.5. The first-order valence-corrected chi connectivity index (χ1v) is 11.6. The zero-order valence-corrected chi connectivity index (χ0v) is 19.0. The maximum absolute atomic E-state index is 12.4. The standard InChI is InChI=1S/C22H20N6O2S2/c1-14-5-10-18(15(2)12-14)28-22(25-26-27-28)32-13-20(29)23-16-6-8-17(9-7-16)24-21(30)19-4-3-11-31-19/h3-12H,13H2,1-2H3,(H,23,29)(H,24,30). The predicted molar refractivity (Wildman–Crippen MR) is 127 cm³/mol. The van der Waals surface area contributed by atoms with E-state index in [0.717, 1.165) is 16.8 Å². The summed E-state index contributed by atoms with van der Waals surface area (Å²) in [5.74, 6) is -0.183. The van der Waals surface area contributed by atoms with E-state index >= 15 is 0 Å². The number of hydrogen-bond donors (Lipinski definition) is 2. The SMILES string of the molecule is Cc1ccc(-n2nnnc2SCC(=O)Nc2ccc(NC(=O)c3cccs3)cc2)c(C)c1. The van der Waals surface area contributed by atoms with Crippen LogP contribution in [-0.4, -0.2) is 37.8 Å². The van der Waals surface area contributed by atoms with Crippen LogP contribution in [0.1, 0.15) is 20.8 Å². The summed E-state index contributed by atoms with van der Waals surface area (Å²) in [6.07, 6.45) is 0. The van der Waals surface area contributed by atoms with Crippen molar-refractivity contribution in [2.75, 3.05) is 16.4 Å². The van der Waals surface area contributed by atoms with Gasteiger partial charge in [0.05, 0.1) is 16.3 Å². The number of anilines is 2. The largest absolute Gasteiger partial charge is 0.325 e. The number of nitrogens with one attached hydrogen (secondary N) is 2. The fourth-order valence-corrected chi connectivity index (χ4v) is 4.33. The van der Waals surface area contributed by atoms with Crippen LogP contribution in [0.4, 0.5) is 11.4 Å². The topological polar surface area (TPSA) is 102 Å². The van der Waals surface area contributed by atoms with Crippen LogP contribution in [0.25, 0.3) is 5.69 Å². The maximum Gasteiger partial charge on any atom is 0.265 e. The zero-order valence-electron chi connectivity index (χ0n) is 17.4. The Bertz CT molecular complexity index is 1240. The van der Waals surface area contributed by atoms with Gasteiger partial charge in [-0.15, -0.1) is 16.4 Å². The highest BCUT2D eigenvalue weighted by atomic mass is 32.2. The first-order chi connectivity index (χ1) is 15.5. The van der Waals surface area contributed by atoms with Crippen LogP contribution >= 0.6 is 23.1 Å². The molecule has 0 aliphatic carbocycles. The monoisotopic (exact) mass is 464 g/mol. The minimum Gasteiger partial charge on any atom is -0.325 e. The van der Waals surface area contributed by atoms with Gasteiger partial charge in [0.1, 0.15) is 0 Å². The molecule has 2 aromatic carbocycles. The molecule has 0 unspecified atom stereocenters. The predicted octanol–water partition coefficient (Wildman–Crippen LogP) is 4.32. The molecule has 0 aliphatic rings. The smallest absolute Gasteiger partial charge is 0.265 e. The number of carbonyl (C=O) groups is 2. The Hall–Kier alpha value is -3.50. The first kappa shape index (κ1) is 21.7. The van der Waals surface area contributed by atoms with E-state index in [9.17, 15) is 9.59 Å². The van der Waals surface area contributed by atoms with Crippen molar-refractivity contribution in [2.24, 2.45) is 0 Å². The average molecular weight is 465 g/mol. The lowest BCUT2D eigenvalue weighted by atomic mass is 10.1. The molecule has 0 bridgehead atoms. The minimum atomic E-state index is -0.180. The highest BCUT2D eigenvalue weighted by molar-refractivity contribution is 7.99. The van der Waals surface area contributed by atoms with Crippen molar-refractivity contribution in [3.05, 3.63) is 76.0 Å². The summed E-state index contributed by atoms with van der Waals surface area (Å²) in [4.78, 5) is 25.2. The van der Waals surface area contributed by atoms with Gasteiger partial charge in [-0.25, -0.2) is 0 Å². The summed E-state index contributed by atoms with van der Waals surface area (Å²) in [7, 11) is 0. The molecule has 162 valence electrons. The number of benzene rings is 2. The molecule has 4 rings (SSSR count). The van der Waals surface area contributed by atoms with Crippen molar-refractivity contribution in [1.82, 2.24) is 20.2 Å². The van der Waals surface area contributed by atoms with E-state index in [1.165, 1.54) is 23.1 Å². The Labute approximate surface area is 193 Å². The number of tetrazole rings is 1. The van der Waals surface area contributed by atoms with E-state index in [0.29, 0.717) is 21.4 Å². The Balaban J connectivity index is 1.33. The van der Waals surface area contributed by atoms with Gasteiger partial charge in [-0.1, -0.05) is 35.5 Å². The van der Waals surface area contributed by atoms with E-state index < -0.39 is 0 Å². The van der Waals surface area contributed by atoms with Gasteiger partial charge in [0.2, 0.25) is 11.1 Å². The molecule has 2 aromatic heterocycles. The van der Waals surface area contributed by atoms with Crippen molar-refractivity contribution in [2.45, 2.75) is 19.0 Å². The second-order valence-corrected chi connectivity index (χ2v) is 8.90. The number of thiophene rings is 1. The number of thioether (sulfide) groups is 1. The van der Waals surface area contributed by atoms with Crippen molar-refractivity contribution in [1.29, 1.82) is 0 Å². The summed E-state index contributed by atoms with van der Waals surface area (Å²) in [5.41, 5.74) is 4.38. The molecule has 8 nitrogen and oxygen atoms in total. The molecule has 0 atom stereocenters. The fraction of sp³-hybridized carbons (Fsp3) is 0.136. The maximum atomic E-state index is 12.4. The first-order valence-electron chi connectivity index (χ1n) is 9.73. The molecule has 0 spiro atoms. The third-order valence-electron chi connectivity index (χ3n) is 4.53. The molecule has 2 amide bonds. The second-order valence-electron chi connectivity index (χ2n) is 7.01. The van der Waals surface area contributed by atoms with Gasteiger partial charge in [-0.2, -0.15) is 4.68 Å². The van der Waals surface area contributed by atoms with Crippen LogP contribution in [-0.2, 0) is 4.79 Å². The molecule has 0 saturated carbocycles. The lowest BCUT2D eigenvalue weighted by molar-refractivity contribution is -0.113. The quantitative estimate of drug-likeness (QED) is 0.395. The number of rotatable bonds is 7. The van der Waals surface area contributed by atoms with E-state index in [-0.39, 0.29) is 17.6 Å². The number of carbonyl (C=O) groups excluding carboxylic acids is 2. The van der Waals surface area contributed by atoms with Crippen molar-refractivity contribution in [3.63, 3.8) is 0 Å². The fourth-order valence-electron chi connectivity index (χ4n) is 3.03. The number of aryl methyl sites for hydroxylation is 2. The number of aromatic nitrogens is 4. The normalized spacial score (nSPS) is 10.7. The molecule has 32 heavy (non-hydrogen) atoms. The molecule has 0 aliphatic heterocycles. The molecule has 10 heteroatoms. The summed E-state index contributed by atoms with van der Waals surface area (Å²) >= 11 is 2.64. The van der Waals surface area contributed by atoms with E-state index in [1.807, 2.05) is 37.4 Å². The average Bonchev–Trinajstić information content (AvgIpc) is 3.46. The van der Waals surface area contributed by atoms with Gasteiger partial charge < -0.3 is 10.6 Å². The van der Waals surface area contributed by atoms with Crippen LogP contribution in [0.15, 0.2) is 65.1 Å². The minimum absolute atomic E-state index is 0.155. The number of nitrogens with zero attached hydrogens (tertiary/aromatic N) is 4.